The number of Topliss-reactive ketones (excluding diaryl/α,β-unsaturated/α-hetero) is 1. The molecule has 2 aromatic rings. The molecular formula is C20H18BrFN2O4. The van der Waals surface area contributed by atoms with Gasteiger partial charge in [0, 0.05) is 41.0 Å². The molecule has 1 fully saturated rings. The van der Waals surface area contributed by atoms with Gasteiger partial charge in [-0.25, -0.2) is 9.18 Å². The van der Waals surface area contributed by atoms with Crippen molar-refractivity contribution in [2.24, 2.45) is 0 Å². The van der Waals surface area contributed by atoms with E-state index in [4.69, 9.17) is 4.74 Å². The number of halogens is 2. The fourth-order valence-corrected chi connectivity index (χ4v) is 3.22. The SMILES string of the molecule is O=C(/C=C/c1cc(Br)ccc1F)OCC(=O)c1c[nH]c(C(=O)N2CCCC2)c1. The fourth-order valence-electron chi connectivity index (χ4n) is 2.84. The number of carbonyl (C=O) groups excluding carboxylic acids is 3. The molecule has 146 valence electrons. The lowest BCUT2D eigenvalue weighted by atomic mass is 10.2. The van der Waals surface area contributed by atoms with E-state index in [1.165, 1.54) is 30.5 Å². The molecule has 0 spiro atoms. The molecule has 1 amide bonds. The van der Waals surface area contributed by atoms with E-state index in [0.717, 1.165) is 18.9 Å². The lowest BCUT2D eigenvalue weighted by Gasteiger charge is -2.13. The van der Waals surface area contributed by atoms with Crippen molar-refractivity contribution in [3.8, 4) is 0 Å². The third-order valence-corrected chi connectivity index (χ3v) is 4.82. The molecule has 28 heavy (non-hydrogen) atoms. The number of benzene rings is 1. The quantitative estimate of drug-likeness (QED) is 0.416. The molecule has 1 aliphatic rings. The van der Waals surface area contributed by atoms with Crippen molar-refractivity contribution in [1.82, 2.24) is 9.88 Å². The Hall–Kier alpha value is -2.74. The maximum atomic E-state index is 13.6. The van der Waals surface area contributed by atoms with Crippen LogP contribution in [0.2, 0.25) is 0 Å². The Kier molecular flexibility index (Phi) is 6.41. The molecule has 0 radical (unpaired) electrons. The summed E-state index contributed by atoms with van der Waals surface area (Å²) in [5.74, 6) is -1.83. The summed E-state index contributed by atoms with van der Waals surface area (Å²) in [6.45, 7) is 0.951. The van der Waals surface area contributed by atoms with Crippen LogP contribution in [0.1, 0.15) is 39.3 Å². The average Bonchev–Trinajstić information content (AvgIpc) is 3.38. The minimum Gasteiger partial charge on any atom is -0.454 e. The highest BCUT2D eigenvalue weighted by Crippen LogP contribution is 2.17. The number of amides is 1. The molecule has 1 aromatic heterocycles. The van der Waals surface area contributed by atoms with Crippen LogP contribution in [0.3, 0.4) is 0 Å². The topological polar surface area (TPSA) is 79.5 Å². The summed E-state index contributed by atoms with van der Waals surface area (Å²) < 4.78 is 19.2. The van der Waals surface area contributed by atoms with Gasteiger partial charge in [0.25, 0.3) is 5.91 Å². The smallest absolute Gasteiger partial charge is 0.331 e. The predicted octanol–water partition coefficient (Wildman–Crippen LogP) is 3.59. The number of aromatic nitrogens is 1. The minimum absolute atomic E-state index is 0.146. The standard InChI is InChI=1S/C20H18BrFN2O4/c21-15-4-5-16(22)13(9-15)3-6-19(26)28-12-18(25)14-10-17(23-11-14)20(27)24-7-1-2-8-24/h3-6,9-11,23H,1-2,7-8,12H2/b6-3+. The summed E-state index contributed by atoms with van der Waals surface area (Å²) in [6.07, 6.45) is 5.71. The number of ether oxygens (including phenoxy) is 1. The lowest BCUT2D eigenvalue weighted by molar-refractivity contribution is -0.136. The molecule has 0 unspecified atom stereocenters. The minimum atomic E-state index is -0.767. The second kappa shape index (κ2) is 8.97. The Balaban J connectivity index is 1.53. The van der Waals surface area contributed by atoms with E-state index in [0.29, 0.717) is 23.3 Å². The van der Waals surface area contributed by atoms with Crippen molar-refractivity contribution >= 4 is 39.7 Å². The van der Waals surface area contributed by atoms with Crippen molar-refractivity contribution in [3.63, 3.8) is 0 Å². The number of esters is 1. The number of carbonyl (C=O) groups is 3. The molecule has 1 saturated heterocycles. The maximum Gasteiger partial charge on any atom is 0.331 e. The second-order valence-corrected chi connectivity index (χ2v) is 7.25. The lowest BCUT2D eigenvalue weighted by Crippen LogP contribution is -2.27. The molecule has 1 N–H and O–H groups in total. The molecule has 0 saturated carbocycles. The molecule has 8 heteroatoms. The second-order valence-electron chi connectivity index (χ2n) is 6.33. The Morgan fingerprint density at radius 3 is 2.71 bits per heavy atom. The van der Waals surface area contributed by atoms with Gasteiger partial charge in [0.2, 0.25) is 5.78 Å². The van der Waals surface area contributed by atoms with E-state index in [9.17, 15) is 18.8 Å². The van der Waals surface area contributed by atoms with Crippen LogP contribution < -0.4 is 0 Å². The Morgan fingerprint density at radius 1 is 1.21 bits per heavy atom. The summed E-state index contributed by atoms with van der Waals surface area (Å²) in [4.78, 5) is 40.7. The number of H-pyrrole nitrogens is 1. The number of nitrogens with one attached hydrogen (secondary N) is 1. The van der Waals surface area contributed by atoms with Crippen LogP contribution in [0, 0.1) is 5.82 Å². The van der Waals surface area contributed by atoms with Crippen molar-refractivity contribution in [2.75, 3.05) is 19.7 Å². The Labute approximate surface area is 169 Å². The summed E-state index contributed by atoms with van der Waals surface area (Å²) in [5.41, 5.74) is 0.812. The number of ketones is 1. The zero-order chi connectivity index (χ0) is 20.1. The van der Waals surface area contributed by atoms with Gasteiger partial charge in [0.05, 0.1) is 0 Å². The first kappa shape index (κ1) is 20.0. The zero-order valence-electron chi connectivity index (χ0n) is 14.9. The van der Waals surface area contributed by atoms with Crippen molar-refractivity contribution in [3.05, 3.63) is 63.6 Å². The number of rotatable bonds is 6. The van der Waals surface area contributed by atoms with E-state index in [1.807, 2.05) is 0 Å². The molecule has 3 rings (SSSR count). The highest BCUT2D eigenvalue weighted by Gasteiger charge is 2.22. The molecule has 0 aliphatic carbocycles. The first-order valence-electron chi connectivity index (χ1n) is 8.75. The molecule has 0 atom stereocenters. The maximum absolute atomic E-state index is 13.6. The van der Waals surface area contributed by atoms with Crippen LogP contribution in [0.15, 0.2) is 41.0 Å². The van der Waals surface area contributed by atoms with E-state index in [1.54, 1.807) is 11.0 Å². The zero-order valence-corrected chi connectivity index (χ0v) is 16.5. The molecule has 6 nitrogen and oxygen atoms in total. The molecule has 0 bridgehead atoms. The van der Waals surface area contributed by atoms with Gasteiger partial charge >= 0.3 is 5.97 Å². The predicted molar refractivity (Wildman–Crippen MR) is 104 cm³/mol. The fraction of sp³-hybridized carbons (Fsp3) is 0.250. The van der Waals surface area contributed by atoms with Crippen LogP contribution in [0.5, 0.6) is 0 Å². The first-order valence-corrected chi connectivity index (χ1v) is 9.54. The summed E-state index contributed by atoms with van der Waals surface area (Å²) in [5, 5.41) is 0. The van der Waals surface area contributed by atoms with E-state index in [2.05, 4.69) is 20.9 Å². The van der Waals surface area contributed by atoms with Crippen molar-refractivity contribution < 1.29 is 23.5 Å². The van der Waals surface area contributed by atoms with Crippen molar-refractivity contribution in [1.29, 1.82) is 0 Å². The van der Waals surface area contributed by atoms with E-state index < -0.39 is 24.2 Å². The third kappa shape index (κ3) is 4.95. The Bertz CT molecular complexity index is 932. The van der Waals surface area contributed by atoms with Gasteiger partial charge in [0.15, 0.2) is 6.61 Å². The number of hydrogen-bond donors (Lipinski definition) is 1. The van der Waals surface area contributed by atoms with Crippen LogP contribution in [-0.2, 0) is 9.53 Å². The van der Waals surface area contributed by atoms with Gasteiger partial charge in [-0.1, -0.05) is 15.9 Å². The number of nitrogens with zero attached hydrogens (tertiary/aromatic N) is 1. The van der Waals surface area contributed by atoms with Gasteiger partial charge in [-0.15, -0.1) is 0 Å². The average molecular weight is 449 g/mol. The molecule has 2 heterocycles. The number of likely N-dealkylation sites (tertiary alicyclic amines) is 1. The summed E-state index contributed by atoms with van der Waals surface area (Å²) in [7, 11) is 0. The molecule has 1 aromatic carbocycles. The van der Waals surface area contributed by atoms with Crippen LogP contribution in [0.4, 0.5) is 4.39 Å². The Morgan fingerprint density at radius 2 is 1.96 bits per heavy atom. The van der Waals surface area contributed by atoms with Gasteiger partial charge < -0.3 is 14.6 Å². The highest BCUT2D eigenvalue weighted by atomic mass is 79.9. The van der Waals surface area contributed by atoms with Gasteiger partial charge in [0.1, 0.15) is 11.5 Å². The van der Waals surface area contributed by atoms with Gasteiger partial charge in [-0.2, -0.15) is 0 Å². The van der Waals surface area contributed by atoms with Crippen LogP contribution in [0.25, 0.3) is 6.08 Å². The van der Waals surface area contributed by atoms with Gasteiger partial charge in [-0.3, -0.25) is 9.59 Å². The summed E-state index contributed by atoms with van der Waals surface area (Å²) >= 11 is 3.22. The van der Waals surface area contributed by atoms with Crippen LogP contribution >= 0.6 is 15.9 Å². The molecular weight excluding hydrogens is 431 g/mol. The number of hydrogen-bond acceptors (Lipinski definition) is 4. The van der Waals surface area contributed by atoms with Crippen molar-refractivity contribution in [2.45, 2.75) is 12.8 Å². The van der Waals surface area contributed by atoms with E-state index in [-0.39, 0.29) is 17.0 Å². The molecule has 1 aliphatic heterocycles. The van der Waals surface area contributed by atoms with E-state index >= 15 is 0 Å². The first-order chi connectivity index (χ1) is 13.4. The van der Waals surface area contributed by atoms with Crippen LogP contribution in [-0.4, -0.2) is 47.2 Å². The highest BCUT2D eigenvalue weighted by molar-refractivity contribution is 9.10. The summed E-state index contributed by atoms with van der Waals surface area (Å²) in [6, 6.07) is 5.79. The normalized spacial score (nSPS) is 13.9. The largest absolute Gasteiger partial charge is 0.454 e. The number of aromatic amines is 1. The monoisotopic (exact) mass is 448 g/mol. The third-order valence-electron chi connectivity index (χ3n) is 4.33. The van der Waals surface area contributed by atoms with Gasteiger partial charge in [-0.05, 0) is 43.2 Å².